The number of phenolic OH excluding ortho intramolecular Hbond substituents is 1. The maximum absolute atomic E-state index is 13.3. The number of ether oxygens (including phenoxy) is 2. The molecule has 1 N–H and O–H groups in total. The Labute approximate surface area is 215 Å². The largest absolute Gasteiger partial charge is 0.504 e. The second-order valence-corrected chi connectivity index (χ2v) is 8.64. The molecule has 0 unspecified atom stereocenters. The number of hydrogen-bond acceptors (Lipinski definition) is 8. The Balaban J connectivity index is 1.96. The minimum atomic E-state index is -0.668. The van der Waals surface area contributed by atoms with Gasteiger partial charge in [0.1, 0.15) is 5.69 Å². The predicted molar refractivity (Wildman–Crippen MR) is 137 cm³/mol. The average molecular weight is 515 g/mol. The molecule has 11 nitrogen and oxygen atoms in total. The number of nitro groups is 2. The second-order valence-electron chi connectivity index (χ2n) is 8.64. The number of non-ortho nitro benzene ring substituents is 2. The van der Waals surface area contributed by atoms with Crippen molar-refractivity contribution in [1.29, 1.82) is 0 Å². The smallest absolute Gasteiger partial charge is 0.355 e. The summed E-state index contributed by atoms with van der Waals surface area (Å²) in [5, 5.41) is 33.6. The summed E-state index contributed by atoms with van der Waals surface area (Å²) in [6.45, 7) is 0.329. The minimum absolute atomic E-state index is 0.0461. The van der Waals surface area contributed by atoms with Gasteiger partial charge in [-0.25, -0.2) is 4.79 Å². The van der Waals surface area contributed by atoms with E-state index in [2.05, 4.69) is 0 Å². The number of rotatable bonds is 6. The summed E-state index contributed by atoms with van der Waals surface area (Å²) in [7, 11) is 2.66. The van der Waals surface area contributed by atoms with Gasteiger partial charge in [-0.2, -0.15) is 0 Å². The number of aromatic nitrogens is 1. The van der Waals surface area contributed by atoms with Crippen molar-refractivity contribution in [2.75, 3.05) is 14.2 Å². The highest BCUT2D eigenvalue weighted by Crippen LogP contribution is 2.50. The monoisotopic (exact) mass is 515 g/mol. The number of phenols is 1. The quantitative estimate of drug-likeness (QED) is 0.205. The molecule has 0 spiro atoms. The summed E-state index contributed by atoms with van der Waals surface area (Å²) in [4.78, 5) is 35.4. The van der Waals surface area contributed by atoms with Gasteiger partial charge in [0.25, 0.3) is 11.4 Å². The predicted octanol–water partition coefficient (Wildman–Crippen LogP) is 5.36. The lowest BCUT2D eigenvalue weighted by Crippen LogP contribution is -2.17. The fraction of sp³-hybridized carbons (Fsp3) is 0.148. The van der Waals surface area contributed by atoms with Gasteiger partial charge in [-0.3, -0.25) is 20.2 Å². The van der Waals surface area contributed by atoms with Crippen LogP contribution in [0.3, 0.4) is 0 Å². The molecular formula is C27H21N3O8. The van der Waals surface area contributed by atoms with E-state index in [0.29, 0.717) is 46.5 Å². The highest BCUT2D eigenvalue weighted by molar-refractivity contribution is 6.07. The van der Waals surface area contributed by atoms with Gasteiger partial charge >= 0.3 is 5.97 Å². The molecule has 0 fully saturated rings. The van der Waals surface area contributed by atoms with Crippen LogP contribution in [0, 0.1) is 20.2 Å². The summed E-state index contributed by atoms with van der Waals surface area (Å²) >= 11 is 0. The number of aromatic hydroxyl groups is 1. The highest BCUT2D eigenvalue weighted by atomic mass is 16.6. The summed E-state index contributed by atoms with van der Waals surface area (Å²) in [5.41, 5.74) is 3.39. The van der Waals surface area contributed by atoms with E-state index in [1.807, 2.05) is 0 Å². The third kappa shape index (κ3) is 3.90. The van der Waals surface area contributed by atoms with E-state index in [0.717, 1.165) is 5.56 Å². The van der Waals surface area contributed by atoms with Crippen LogP contribution in [0.4, 0.5) is 11.4 Å². The van der Waals surface area contributed by atoms with E-state index in [1.54, 1.807) is 28.8 Å². The van der Waals surface area contributed by atoms with Crippen LogP contribution in [0.1, 0.15) is 16.1 Å². The molecule has 4 aromatic rings. The number of benzene rings is 3. The van der Waals surface area contributed by atoms with Crippen LogP contribution >= 0.6 is 0 Å². The number of nitro benzene ring substituents is 2. The zero-order valence-electron chi connectivity index (χ0n) is 20.3. The fourth-order valence-electron chi connectivity index (χ4n) is 4.98. The lowest BCUT2D eigenvalue weighted by Gasteiger charge is -2.23. The van der Waals surface area contributed by atoms with E-state index >= 15 is 0 Å². The number of nitrogens with zero attached hydrogens (tertiary/aromatic N) is 3. The molecule has 2 heterocycles. The molecule has 0 atom stereocenters. The number of hydrogen-bond donors (Lipinski definition) is 1. The number of esters is 1. The SMILES string of the molecule is COC(=O)c1c(-c2cccc([N+](=O)[O-])c2)c(-c2cccc([N+](=O)[O-])c2)c2n1CCc1cc(O)c(OC)cc1-2. The molecule has 11 heteroatoms. The first-order chi connectivity index (χ1) is 18.2. The molecule has 38 heavy (non-hydrogen) atoms. The number of methoxy groups -OCH3 is 2. The Morgan fingerprint density at radius 1 is 0.921 bits per heavy atom. The van der Waals surface area contributed by atoms with Gasteiger partial charge in [0.15, 0.2) is 11.5 Å². The first kappa shape index (κ1) is 24.5. The molecule has 0 saturated carbocycles. The first-order valence-electron chi connectivity index (χ1n) is 11.5. The molecule has 0 amide bonds. The van der Waals surface area contributed by atoms with E-state index in [-0.39, 0.29) is 28.6 Å². The maximum atomic E-state index is 13.3. The van der Waals surface area contributed by atoms with Crippen LogP contribution in [-0.4, -0.2) is 39.7 Å². The lowest BCUT2D eigenvalue weighted by molar-refractivity contribution is -0.385. The van der Waals surface area contributed by atoms with Crippen molar-refractivity contribution >= 4 is 17.3 Å². The molecule has 0 radical (unpaired) electrons. The number of fused-ring (bicyclic) bond motifs is 3. The Kier molecular flexibility index (Phi) is 6.03. The van der Waals surface area contributed by atoms with Crippen LogP contribution in [-0.2, 0) is 17.7 Å². The van der Waals surface area contributed by atoms with Crippen molar-refractivity contribution in [2.45, 2.75) is 13.0 Å². The van der Waals surface area contributed by atoms with Crippen molar-refractivity contribution < 1.29 is 29.2 Å². The van der Waals surface area contributed by atoms with Gasteiger partial charge in [0.05, 0.1) is 29.8 Å². The average Bonchev–Trinajstić information content (AvgIpc) is 3.28. The zero-order valence-corrected chi connectivity index (χ0v) is 20.3. The fourth-order valence-corrected chi connectivity index (χ4v) is 4.98. The van der Waals surface area contributed by atoms with Gasteiger partial charge < -0.3 is 19.1 Å². The summed E-state index contributed by atoms with van der Waals surface area (Å²) in [6, 6.07) is 15.0. The standard InChI is InChI=1S/C27H21N3O8/c1-37-22-14-20-15(13-21(22)31)9-10-28-25(20)23(16-5-3-7-18(11-16)29(33)34)24(26(28)27(32)38-2)17-6-4-8-19(12-17)30(35)36/h3-8,11-14,31H,9-10H2,1-2H3. The molecule has 0 saturated heterocycles. The number of carbonyl (C=O) groups is 1. The van der Waals surface area contributed by atoms with Crippen molar-refractivity contribution in [3.05, 3.63) is 92.1 Å². The van der Waals surface area contributed by atoms with Gasteiger partial charge in [-0.15, -0.1) is 0 Å². The Morgan fingerprint density at radius 2 is 1.53 bits per heavy atom. The van der Waals surface area contributed by atoms with Crippen molar-refractivity contribution in [3.8, 4) is 45.0 Å². The van der Waals surface area contributed by atoms with Gasteiger partial charge in [0.2, 0.25) is 0 Å². The minimum Gasteiger partial charge on any atom is -0.504 e. The van der Waals surface area contributed by atoms with Crippen LogP contribution < -0.4 is 4.74 Å². The van der Waals surface area contributed by atoms with Crippen LogP contribution in [0.5, 0.6) is 11.5 Å². The van der Waals surface area contributed by atoms with Crippen molar-refractivity contribution in [1.82, 2.24) is 4.57 Å². The Morgan fingerprint density at radius 3 is 2.08 bits per heavy atom. The molecule has 0 bridgehead atoms. The van der Waals surface area contributed by atoms with E-state index in [9.17, 15) is 30.1 Å². The second kappa shape index (κ2) is 9.36. The van der Waals surface area contributed by atoms with Crippen LogP contribution in [0.2, 0.25) is 0 Å². The normalized spacial score (nSPS) is 11.8. The van der Waals surface area contributed by atoms with E-state index < -0.39 is 15.8 Å². The van der Waals surface area contributed by atoms with Gasteiger partial charge in [-0.1, -0.05) is 24.3 Å². The molecule has 0 aliphatic carbocycles. The summed E-state index contributed by atoms with van der Waals surface area (Å²) in [5.74, 6) is -0.506. The number of aryl methyl sites for hydroxylation is 1. The molecular weight excluding hydrogens is 494 g/mol. The van der Waals surface area contributed by atoms with Gasteiger partial charge in [-0.05, 0) is 35.2 Å². The van der Waals surface area contributed by atoms with E-state index in [4.69, 9.17) is 9.47 Å². The Hall–Kier alpha value is -5.19. The molecule has 5 rings (SSSR count). The van der Waals surface area contributed by atoms with E-state index in [1.165, 1.54) is 50.6 Å². The molecule has 1 aromatic heterocycles. The number of carbonyl (C=O) groups excluding carboxylic acids is 1. The first-order valence-corrected chi connectivity index (χ1v) is 11.5. The molecule has 1 aliphatic rings. The van der Waals surface area contributed by atoms with Crippen LogP contribution in [0.15, 0.2) is 60.7 Å². The molecule has 1 aliphatic heterocycles. The maximum Gasteiger partial charge on any atom is 0.355 e. The van der Waals surface area contributed by atoms with Gasteiger partial charge in [0, 0.05) is 47.5 Å². The topological polar surface area (TPSA) is 147 Å². The third-order valence-corrected chi connectivity index (χ3v) is 6.60. The lowest BCUT2D eigenvalue weighted by atomic mass is 9.89. The summed E-state index contributed by atoms with van der Waals surface area (Å²) in [6.07, 6.45) is 0.460. The molecule has 192 valence electrons. The summed E-state index contributed by atoms with van der Waals surface area (Å²) < 4.78 is 12.2. The third-order valence-electron chi connectivity index (χ3n) is 6.60. The highest BCUT2D eigenvalue weighted by Gasteiger charge is 2.34. The van der Waals surface area contributed by atoms with Crippen molar-refractivity contribution in [2.24, 2.45) is 0 Å². The Bertz CT molecular complexity index is 1640. The van der Waals surface area contributed by atoms with Crippen LogP contribution in [0.25, 0.3) is 33.5 Å². The van der Waals surface area contributed by atoms with Crippen molar-refractivity contribution in [3.63, 3.8) is 0 Å². The zero-order chi connectivity index (χ0) is 27.1. The molecule has 3 aromatic carbocycles.